The van der Waals surface area contributed by atoms with Crippen LogP contribution in [0.2, 0.25) is 0 Å². The number of ether oxygens (including phenoxy) is 1. The molecule has 6 nitrogen and oxygen atoms in total. The number of hydrogen-bond donors (Lipinski definition) is 1. The van der Waals surface area contributed by atoms with Crippen LogP contribution < -0.4 is 0 Å². The average Bonchev–Trinajstić information content (AvgIpc) is 2.83. The highest BCUT2D eigenvalue weighted by Crippen LogP contribution is 2.38. The van der Waals surface area contributed by atoms with Crippen LogP contribution in [0.1, 0.15) is 18.7 Å². The highest BCUT2D eigenvalue weighted by Gasteiger charge is 2.41. The molecule has 1 N–H and O–H groups in total. The Balaban J connectivity index is 0.000000236. The summed E-state index contributed by atoms with van der Waals surface area (Å²) in [6, 6.07) is 0. The SMILES string of the molecule is Cn1ccnc1CN1CCC2(CC1)COC2.O=C(O)C(F)(F)F. The van der Waals surface area contributed by atoms with Crippen molar-refractivity contribution < 1.29 is 27.8 Å². The maximum Gasteiger partial charge on any atom is 0.490 e. The summed E-state index contributed by atoms with van der Waals surface area (Å²) >= 11 is 0. The summed E-state index contributed by atoms with van der Waals surface area (Å²) in [5, 5.41) is 7.12. The Hall–Kier alpha value is -1.61. The number of carboxylic acid groups (broad SMARTS) is 1. The molecule has 2 fully saturated rings. The van der Waals surface area contributed by atoms with E-state index in [-0.39, 0.29) is 0 Å². The number of alkyl halides is 3. The first-order valence-corrected chi connectivity index (χ1v) is 7.28. The fourth-order valence-corrected chi connectivity index (χ4v) is 2.61. The monoisotopic (exact) mass is 335 g/mol. The van der Waals surface area contributed by atoms with Gasteiger partial charge in [-0.15, -0.1) is 0 Å². The number of aryl methyl sites for hydroxylation is 1. The van der Waals surface area contributed by atoms with Crippen molar-refractivity contribution in [2.75, 3.05) is 26.3 Å². The van der Waals surface area contributed by atoms with Gasteiger partial charge < -0.3 is 14.4 Å². The molecule has 0 saturated carbocycles. The molecule has 0 amide bonds. The van der Waals surface area contributed by atoms with Crippen molar-refractivity contribution in [1.82, 2.24) is 14.5 Å². The van der Waals surface area contributed by atoms with Crippen LogP contribution in [-0.4, -0.2) is 58.0 Å². The third-order valence-electron chi connectivity index (χ3n) is 4.26. The van der Waals surface area contributed by atoms with E-state index >= 15 is 0 Å². The summed E-state index contributed by atoms with van der Waals surface area (Å²) in [6.45, 7) is 5.35. The Morgan fingerprint density at radius 2 is 1.96 bits per heavy atom. The molecule has 0 aliphatic carbocycles. The highest BCUT2D eigenvalue weighted by atomic mass is 19.4. The van der Waals surface area contributed by atoms with Crippen molar-refractivity contribution in [2.24, 2.45) is 12.5 Å². The van der Waals surface area contributed by atoms with Gasteiger partial charge in [-0.25, -0.2) is 9.78 Å². The second kappa shape index (κ2) is 6.88. The largest absolute Gasteiger partial charge is 0.490 e. The molecule has 0 atom stereocenters. The smallest absolute Gasteiger partial charge is 0.475 e. The molecule has 0 unspecified atom stereocenters. The zero-order valence-corrected chi connectivity index (χ0v) is 12.8. The van der Waals surface area contributed by atoms with E-state index in [1.165, 1.54) is 31.8 Å². The lowest BCUT2D eigenvalue weighted by Gasteiger charge is -2.47. The van der Waals surface area contributed by atoms with E-state index in [9.17, 15) is 13.2 Å². The predicted molar refractivity (Wildman–Crippen MR) is 74.7 cm³/mol. The second-order valence-electron chi connectivity index (χ2n) is 6.03. The van der Waals surface area contributed by atoms with E-state index in [1.54, 1.807) is 0 Å². The van der Waals surface area contributed by atoms with Crippen LogP contribution in [0.3, 0.4) is 0 Å². The minimum Gasteiger partial charge on any atom is -0.475 e. The normalized spacial score (nSPS) is 20.5. The molecule has 0 aromatic carbocycles. The van der Waals surface area contributed by atoms with Crippen LogP contribution in [0.5, 0.6) is 0 Å². The molecule has 2 aliphatic heterocycles. The summed E-state index contributed by atoms with van der Waals surface area (Å²) < 4.78 is 39.2. The van der Waals surface area contributed by atoms with Gasteiger partial charge in [-0.05, 0) is 25.9 Å². The topological polar surface area (TPSA) is 67.6 Å². The third kappa shape index (κ3) is 4.68. The quantitative estimate of drug-likeness (QED) is 0.890. The zero-order valence-electron chi connectivity index (χ0n) is 12.8. The van der Waals surface area contributed by atoms with Crippen molar-refractivity contribution >= 4 is 5.97 Å². The van der Waals surface area contributed by atoms with Gasteiger partial charge in [-0.3, -0.25) is 4.90 Å². The lowest BCUT2D eigenvalue weighted by molar-refractivity contribution is -0.192. The molecule has 1 spiro atoms. The lowest BCUT2D eigenvalue weighted by atomic mass is 9.77. The average molecular weight is 335 g/mol. The van der Waals surface area contributed by atoms with E-state index in [0.717, 1.165) is 19.8 Å². The van der Waals surface area contributed by atoms with E-state index < -0.39 is 12.1 Å². The van der Waals surface area contributed by atoms with Gasteiger partial charge in [0, 0.05) is 24.9 Å². The number of hydrogen-bond acceptors (Lipinski definition) is 4. The van der Waals surface area contributed by atoms with E-state index in [0.29, 0.717) is 5.41 Å². The summed E-state index contributed by atoms with van der Waals surface area (Å²) in [5.41, 5.74) is 0.540. The fourth-order valence-electron chi connectivity index (χ4n) is 2.61. The number of nitrogens with zero attached hydrogens (tertiary/aromatic N) is 3. The number of likely N-dealkylation sites (tertiary alicyclic amines) is 1. The Kier molecular flexibility index (Phi) is 5.30. The number of aliphatic carboxylic acids is 1. The van der Waals surface area contributed by atoms with E-state index in [4.69, 9.17) is 14.6 Å². The zero-order chi connectivity index (χ0) is 17.1. The molecule has 1 aromatic rings. The molecule has 3 rings (SSSR count). The molecule has 130 valence electrons. The number of piperidine rings is 1. The molecule has 9 heteroatoms. The van der Waals surface area contributed by atoms with Gasteiger partial charge >= 0.3 is 12.1 Å². The number of rotatable bonds is 2. The molecule has 0 radical (unpaired) electrons. The maximum atomic E-state index is 10.6. The highest BCUT2D eigenvalue weighted by molar-refractivity contribution is 5.73. The van der Waals surface area contributed by atoms with Crippen LogP contribution in [0.4, 0.5) is 13.2 Å². The minimum atomic E-state index is -5.08. The van der Waals surface area contributed by atoms with Gasteiger partial charge in [0.25, 0.3) is 0 Å². The predicted octanol–water partition coefficient (Wildman–Crippen LogP) is 1.67. The molecular formula is C14H20F3N3O3. The fraction of sp³-hybridized carbons (Fsp3) is 0.714. The van der Waals surface area contributed by atoms with E-state index in [1.807, 2.05) is 12.4 Å². The molecule has 2 saturated heterocycles. The van der Waals surface area contributed by atoms with Gasteiger partial charge in [0.1, 0.15) is 5.82 Å². The third-order valence-corrected chi connectivity index (χ3v) is 4.26. The first-order chi connectivity index (χ1) is 10.7. The summed E-state index contributed by atoms with van der Waals surface area (Å²) in [6.07, 6.45) is 1.38. The summed E-state index contributed by atoms with van der Waals surface area (Å²) in [7, 11) is 2.06. The van der Waals surface area contributed by atoms with Gasteiger partial charge in [-0.2, -0.15) is 13.2 Å². The van der Waals surface area contributed by atoms with Crippen LogP contribution in [0.25, 0.3) is 0 Å². The van der Waals surface area contributed by atoms with Crippen LogP contribution >= 0.6 is 0 Å². The van der Waals surface area contributed by atoms with Crippen molar-refractivity contribution in [3.63, 3.8) is 0 Å². The van der Waals surface area contributed by atoms with E-state index in [2.05, 4.69) is 21.5 Å². The first kappa shape index (κ1) is 17.7. The lowest BCUT2D eigenvalue weighted by Crippen LogP contribution is -2.50. The summed E-state index contributed by atoms with van der Waals surface area (Å²) in [5.74, 6) is -1.59. The van der Waals surface area contributed by atoms with Gasteiger partial charge in [0.15, 0.2) is 0 Å². The van der Waals surface area contributed by atoms with Gasteiger partial charge in [-0.1, -0.05) is 0 Å². The van der Waals surface area contributed by atoms with Gasteiger partial charge in [0.05, 0.1) is 19.8 Å². The molecule has 2 aliphatic rings. The second-order valence-corrected chi connectivity index (χ2v) is 6.03. The number of carbonyl (C=O) groups is 1. The Morgan fingerprint density at radius 1 is 1.39 bits per heavy atom. The first-order valence-electron chi connectivity index (χ1n) is 7.28. The Morgan fingerprint density at radius 3 is 2.30 bits per heavy atom. The van der Waals surface area contributed by atoms with Crippen molar-refractivity contribution in [2.45, 2.75) is 25.6 Å². The van der Waals surface area contributed by atoms with Crippen molar-refractivity contribution in [3.05, 3.63) is 18.2 Å². The maximum absolute atomic E-state index is 10.6. The Bertz CT molecular complexity index is 531. The summed E-state index contributed by atoms with van der Waals surface area (Å²) in [4.78, 5) is 15.8. The number of imidazole rings is 1. The standard InChI is InChI=1S/C12H19N3O.C2HF3O2/c1-14-7-4-13-11(14)8-15-5-2-12(3-6-15)9-16-10-12;3-2(4,5)1(6)7/h4,7H,2-3,5-6,8-10H2,1H3;(H,6,7). The number of aromatic nitrogens is 2. The minimum absolute atomic E-state index is 0.540. The number of carboxylic acids is 1. The molecule has 3 heterocycles. The molecular weight excluding hydrogens is 315 g/mol. The molecule has 0 bridgehead atoms. The number of halogens is 3. The van der Waals surface area contributed by atoms with Crippen LogP contribution in [0, 0.1) is 5.41 Å². The van der Waals surface area contributed by atoms with Crippen LogP contribution in [0.15, 0.2) is 12.4 Å². The van der Waals surface area contributed by atoms with Crippen molar-refractivity contribution in [1.29, 1.82) is 0 Å². The van der Waals surface area contributed by atoms with Crippen molar-refractivity contribution in [3.8, 4) is 0 Å². The van der Waals surface area contributed by atoms with Crippen LogP contribution in [-0.2, 0) is 23.1 Å². The van der Waals surface area contributed by atoms with Gasteiger partial charge in [0.2, 0.25) is 0 Å². The molecule has 23 heavy (non-hydrogen) atoms. The molecule has 1 aromatic heterocycles. The Labute approximate surface area is 131 Å².